The van der Waals surface area contributed by atoms with Gasteiger partial charge in [-0.05, 0) is 41.9 Å². The topological polar surface area (TPSA) is 30.5 Å². The van der Waals surface area contributed by atoms with Crippen LogP contribution in [0.3, 0.4) is 0 Å². The molecule has 3 nitrogen and oxygen atoms in total. The van der Waals surface area contributed by atoms with E-state index in [-0.39, 0.29) is 11.9 Å². The van der Waals surface area contributed by atoms with Gasteiger partial charge in [-0.1, -0.05) is 25.1 Å². The van der Waals surface area contributed by atoms with Gasteiger partial charge in [0, 0.05) is 0 Å². The molecule has 0 bridgehead atoms. The average molecular weight is 289 g/mol. The van der Waals surface area contributed by atoms with E-state index in [1.165, 1.54) is 6.07 Å². The molecule has 0 saturated carbocycles. The summed E-state index contributed by atoms with van der Waals surface area (Å²) in [6.45, 7) is 2.79. The third-order valence-corrected chi connectivity index (χ3v) is 3.33. The first kappa shape index (κ1) is 15.3. The molecule has 0 aliphatic carbocycles. The molecule has 1 unspecified atom stereocenters. The molecule has 112 valence electrons. The van der Waals surface area contributed by atoms with Gasteiger partial charge in [0.15, 0.2) is 11.5 Å². The van der Waals surface area contributed by atoms with Gasteiger partial charge in [-0.3, -0.25) is 0 Å². The molecule has 21 heavy (non-hydrogen) atoms. The zero-order chi connectivity index (χ0) is 15.2. The SMILES string of the molecule is CCNC(c1cccc(F)c1)c1ccc(OC)c(OC)c1. The molecule has 2 rings (SSSR count). The fourth-order valence-corrected chi connectivity index (χ4v) is 2.35. The lowest BCUT2D eigenvalue weighted by Crippen LogP contribution is -2.22. The van der Waals surface area contributed by atoms with Gasteiger partial charge in [-0.2, -0.15) is 0 Å². The second-order valence-electron chi connectivity index (χ2n) is 4.66. The van der Waals surface area contributed by atoms with E-state index in [1.807, 2.05) is 31.2 Å². The van der Waals surface area contributed by atoms with Crippen LogP contribution in [0, 0.1) is 5.82 Å². The van der Waals surface area contributed by atoms with E-state index in [4.69, 9.17) is 9.47 Å². The van der Waals surface area contributed by atoms with Crippen molar-refractivity contribution in [3.05, 3.63) is 59.4 Å². The smallest absolute Gasteiger partial charge is 0.161 e. The molecule has 0 aliphatic rings. The van der Waals surface area contributed by atoms with Gasteiger partial charge in [0.2, 0.25) is 0 Å². The van der Waals surface area contributed by atoms with E-state index < -0.39 is 0 Å². The Balaban J connectivity index is 2.43. The van der Waals surface area contributed by atoms with Gasteiger partial charge in [0.05, 0.1) is 20.3 Å². The first-order valence-electron chi connectivity index (χ1n) is 6.90. The van der Waals surface area contributed by atoms with Gasteiger partial charge in [-0.25, -0.2) is 4.39 Å². The van der Waals surface area contributed by atoms with Crippen LogP contribution in [0.5, 0.6) is 11.5 Å². The van der Waals surface area contributed by atoms with Crippen LogP contribution in [-0.2, 0) is 0 Å². The number of rotatable bonds is 6. The van der Waals surface area contributed by atoms with Gasteiger partial charge in [0.1, 0.15) is 5.82 Å². The van der Waals surface area contributed by atoms with Crippen LogP contribution in [0.4, 0.5) is 4.39 Å². The Hall–Kier alpha value is -2.07. The van der Waals surface area contributed by atoms with Crippen molar-refractivity contribution < 1.29 is 13.9 Å². The molecular formula is C17H20FNO2. The number of ether oxygens (including phenoxy) is 2. The van der Waals surface area contributed by atoms with E-state index in [9.17, 15) is 4.39 Å². The third-order valence-electron chi connectivity index (χ3n) is 3.33. The molecule has 2 aromatic carbocycles. The number of hydrogen-bond donors (Lipinski definition) is 1. The Morgan fingerprint density at radius 2 is 1.71 bits per heavy atom. The van der Waals surface area contributed by atoms with Crippen LogP contribution >= 0.6 is 0 Å². The zero-order valence-electron chi connectivity index (χ0n) is 12.5. The largest absolute Gasteiger partial charge is 0.493 e. The highest BCUT2D eigenvalue weighted by Crippen LogP contribution is 2.32. The summed E-state index contributed by atoms with van der Waals surface area (Å²) >= 11 is 0. The van der Waals surface area contributed by atoms with Crippen molar-refractivity contribution in [1.29, 1.82) is 0 Å². The molecule has 0 heterocycles. The normalized spacial score (nSPS) is 12.0. The molecule has 2 aromatic rings. The summed E-state index contributed by atoms with van der Waals surface area (Å²) < 4.78 is 24.1. The summed E-state index contributed by atoms with van der Waals surface area (Å²) in [4.78, 5) is 0. The Morgan fingerprint density at radius 1 is 1.00 bits per heavy atom. The fourth-order valence-electron chi connectivity index (χ4n) is 2.35. The first-order valence-corrected chi connectivity index (χ1v) is 6.90. The van der Waals surface area contributed by atoms with Crippen LogP contribution in [-0.4, -0.2) is 20.8 Å². The Morgan fingerprint density at radius 3 is 2.33 bits per heavy atom. The lowest BCUT2D eigenvalue weighted by atomic mass is 9.98. The maximum atomic E-state index is 13.5. The summed E-state index contributed by atoms with van der Waals surface area (Å²) in [5, 5.41) is 3.37. The second kappa shape index (κ2) is 7.09. The van der Waals surface area contributed by atoms with Gasteiger partial charge >= 0.3 is 0 Å². The molecule has 0 aromatic heterocycles. The summed E-state index contributed by atoms with van der Waals surface area (Å²) in [6, 6.07) is 12.3. The molecule has 0 aliphatic heterocycles. The van der Waals surface area contributed by atoms with Crippen LogP contribution in [0.1, 0.15) is 24.1 Å². The summed E-state index contributed by atoms with van der Waals surface area (Å²) in [5.74, 6) is 1.10. The van der Waals surface area contributed by atoms with Crippen molar-refractivity contribution in [1.82, 2.24) is 5.32 Å². The maximum absolute atomic E-state index is 13.5. The van der Waals surface area contributed by atoms with Gasteiger partial charge in [0.25, 0.3) is 0 Å². The number of hydrogen-bond acceptors (Lipinski definition) is 3. The Kier molecular flexibility index (Phi) is 5.17. The summed E-state index contributed by atoms with van der Waals surface area (Å²) in [7, 11) is 3.21. The van der Waals surface area contributed by atoms with Crippen molar-refractivity contribution in [2.45, 2.75) is 13.0 Å². The van der Waals surface area contributed by atoms with Crippen LogP contribution in [0.15, 0.2) is 42.5 Å². The average Bonchev–Trinajstić information content (AvgIpc) is 2.52. The van der Waals surface area contributed by atoms with Crippen LogP contribution in [0.2, 0.25) is 0 Å². The van der Waals surface area contributed by atoms with Crippen molar-refractivity contribution in [3.63, 3.8) is 0 Å². The quantitative estimate of drug-likeness (QED) is 0.882. The summed E-state index contributed by atoms with van der Waals surface area (Å²) in [6.07, 6.45) is 0. The van der Waals surface area contributed by atoms with E-state index in [2.05, 4.69) is 5.32 Å². The summed E-state index contributed by atoms with van der Waals surface area (Å²) in [5.41, 5.74) is 1.88. The van der Waals surface area contributed by atoms with Crippen molar-refractivity contribution >= 4 is 0 Å². The monoisotopic (exact) mass is 289 g/mol. The Labute approximate surface area is 124 Å². The number of benzene rings is 2. The minimum absolute atomic E-state index is 0.0921. The van der Waals surface area contributed by atoms with Crippen LogP contribution in [0.25, 0.3) is 0 Å². The highest BCUT2D eigenvalue weighted by molar-refractivity contribution is 5.45. The predicted molar refractivity (Wildman–Crippen MR) is 81.5 cm³/mol. The minimum atomic E-state index is -0.240. The van der Waals surface area contributed by atoms with E-state index in [0.29, 0.717) is 11.5 Å². The standard InChI is InChI=1S/C17H20FNO2/c1-4-19-17(12-6-5-7-14(18)10-12)13-8-9-15(20-2)16(11-13)21-3/h5-11,17,19H,4H2,1-3H3. The van der Waals surface area contributed by atoms with Crippen molar-refractivity contribution in [2.75, 3.05) is 20.8 Å². The minimum Gasteiger partial charge on any atom is -0.493 e. The molecule has 0 spiro atoms. The molecule has 0 amide bonds. The molecular weight excluding hydrogens is 269 g/mol. The number of nitrogens with one attached hydrogen (secondary N) is 1. The zero-order valence-corrected chi connectivity index (χ0v) is 12.5. The molecule has 4 heteroatoms. The maximum Gasteiger partial charge on any atom is 0.161 e. The molecule has 0 saturated heterocycles. The third kappa shape index (κ3) is 3.52. The molecule has 0 radical (unpaired) electrons. The first-order chi connectivity index (χ1) is 10.2. The number of halogens is 1. The fraction of sp³-hybridized carbons (Fsp3) is 0.294. The van der Waals surface area contributed by atoms with E-state index in [1.54, 1.807) is 26.4 Å². The highest BCUT2D eigenvalue weighted by atomic mass is 19.1. The number of methoxy groups -OCH3 is 2. The Bertz CT molecular complexity index is 601. The molecule has 1 N–H and O–H groups in total. The van der Waals surface area contributed by atoms with E-state index >= 15 is 0 Å². The molecule has 0 fully saturated rings. The van der Waals surface area contributed by atoms with E-state index in [0.717, 1.165) is 17.7 Å². The van der Waals surface area contributed by atoms with Crippen molar-refractivity contribution in [3.8, 4) is 11.5 Å². The molecule has 1 atom stereocenters. The van der Waals surface area contributed by atoms with Gasteiger partial charge < -0.3 is 14.8 Å². The van der Waals surface area contributed by atoms with Crippen LogP contribution < -0.4 is 14.8 Å². The lowest BCUT2D eigenvalue weighted by molar-refractivity contribution is 0.354. The van der Waals surface area contributed by atoms with Gasteiger partial charge in [-0.15, -0.1) is 0 Å². The second-order valence-corrected chi connectivity index (χ2v) is 4.66. The predicted octanol–water partition coefficient (Wildman–Crippen LogP) is 3.54. The van der Waals surface area contributed by atoms with Crippen molar-refractivity contribution in [2.24, 2.45) is 0 Å². The lowest BCUT2D eigenvalue weighted by Gasteiger charge is -2.20. The highest BCUT2D eigenvalue weighted by Gasteiger charge is 2.16.